The Kier molecular flexibility index (Phi) is 11.9. The lowest BCUT2D eigenvalue weighted by atomic mass is 9.99. The number of hydrogen-bond acceptors (Lipinski definition) is 6. The molecule has 0 saturated carbocycles. The third-order valence-electron chi connectivity index (χ3n) is 6.67. The van der Waals surface area contributed by atoms with Crippen molar-refractivity contribution in [2.45, 2.75) is 72.3 Å². The molecule has 6 nitrogen and oxygen atoms in total. The topological polar surface area (TPSA) is 71.1 Å². The molecule has 0 aromatic heterocycles. The molecule has 0 N–H and O–H groups in total. The summed E-state index contributed by atoms with van der Waals surface area (Å²) in [6.45, 7) is 9.22. The van der Waals surface area contributed by atoms with Gasteiger partial charge in [-0.25, -0.2) is 9.59 Å². The Balaban J connectivity index is 1.66. The van der Waals surface area contributed by atoms with E-state index in [0.29, 0.717) is 29.6 Å². The number of benzene rings is 3. The maximum Gasteiger partial charge on any atom is 0.521 e. The third kappa shape index (κ3) is 9.47. The van der Waals surface area contributed by atoms with Crippen molar-refractivity contribution in [1.29, 1.82) is 0 Å². The van der Waals surface area contributed by atoms with E-state index in [1.54, 1.807) is 42.5 Å². The van der Waals surface area contributed by atoms with E-state index in [1.165, 1.54) is 0 Å². The summed E-state index contributed by atoms with van der Waals surface area (Å²) in [7, 11) is 0. The first kappa shape index (κ1) is 29.8. The largest absolute Gasteiger partial charge is 0.521 e. The van der Waals surface area contributed by atoms with Crippen molar-refractivity contribution >= 4 is 12.1 Å². The number of hydrogen-bond donors (Lipinski definition) is 0. The Bertz CT molecular complexity index is 1170. The van der Waals surface area contributed by atoms with Crippen molar-refractivity contribution < 1.29 is 28.5 Å². The maximum absolute atomic E-state index is 13.0. The SMILES string of the molecule is CCCC(CC)Oc1ccc(OC(=O)OC(=O)c2ccc(OCCCC(C)CC)cc2-c2ccccc2)cc1. The van der Waals surface area contributed by atoms with Crippen LogP contribution >= 0.6 is 0 Å². The van der Waals surface area contributed by atoms with Crippen LogP contribution in [0.25, 0.3) is 11.1 Å². The van der Waals surface area contributed by atoms with Gasteiger partial charge in [0.25, 0.3) is 0 Å². The highest BCUT2D eigenvalue weighted by molar-refractivity contribution is 6.01. The third-order valence-corrected chi connectivity index (χ3v) is 6.67. The van der Waals surface area contributed by atoms with Crippen LogP contribution < -0.4 is 14.2 Å². The fourth-order valence-corrected chi connectivity index (χ4v) is 4.17. The number of esters is 1. The van der Waals surface area contributed by atoms with Crippen molar-refractivity contribution in [3.05, 3.63) is 78.4 Å². The van der Waals surface area contributed by atoms with Crippen molar-refractivity contribution in [3.63, 3.8) is 0 Å². The predicted molar refractivity (Wildman–Crippen MR) is 154 cm³/mol. The average Bonchev–Trinajstić information content (AvgIpc) is 2.96. The van der Waals surface area contributed by atoms with E-state index >= 15 is 0 Å². The number of rotatable bonds is 14. The average molecular weight is 533 g/mol. The summed E-state index contributed by atoms with van der Waals surface area (Å²) >= 11 is 0. The monoisotopic (exact) mass is 532 g/mol. The molecular weight excluding hydrogens is 492 g/mol. The van der Waals surface area contributed by atoms with Crippen LogP contribution in [-0.4, -0.2) is 24.8 Å². The van der Waals surface area contributed by atoms with Gasteiger partial charge >= 0.3 is 12.1 Å². The molecule has 0 radical (unpaired) electrons. The lowest BCUT2D eigenvalue weighted by molar-refractivity contribution is 0.0530. The predicted octanol–water partition coefficient (Wildman–Crippen LogP) is 8.87. The Labute approximate surface area is 232 Å². The lowest BCUT2D eigenvalue weighted by Gasteiger charge is -2.16. The Morgan fingerprint density at radius 3 is 2.15 bits per heavy atom. The van der Waals surface area contributed by atoms with Gasteiger partial charge in [0.2, 0.25) is 0 Å². The van der Waals surface area contributed by atoms with E-state index in [9.17, 15) is 9.59 Å². The van der Waals surface area contributed by atoms with Gasteiger partial charge in [-0.3, -0.25) is 0 Å². The van der Waals surface area contributed by atoms with Crippen LogP contribution in [0, 0.1) is 5.92 Å². The highest BCUT2D eigenvalue weighted by Crippen LogP contribution is 2.29. The summed E-state index contributed by atoms with van der Waals surface area (Å²) in [6, 6.07) is 21.3. The first-order chi connectivity index (χ1) is 18.9. The van der Waals surface area contributed by atoms with Gasteiger partial charge in [-0.1, -0.05) is 70.9 Å². The van der Waals surface area contributed by atoms with Gasteiger partial charge in [0.05, 0.1) is 18.3 Å². The Morgan fingerprint density at radius 1 is 0.795 bits per heavy atom. The molecule has 208 valence electrons. The first-order valence-corrected chi connectivity index (χ1v) is 14.0. The summed E-state index contributed by atoms with van der Waals surface area (Å²) in [5.41, 5.74) is 1.68. The van der Waals surface area contributed by atoms with Gasteiger partial charge in [-0.05, 0) is 85.2 Å². The maximum atomic E-state index is 13.0. The molecule has 0 heterocycles. The van der Waals surface area contributed by atoms with E-state index in [0.717, 1.165) is 44.1 Å². The van der Waals surface area contributed by atoms with Gasteiger partial charge in [0, 0.05) is 0 Å². The summed E-state index contributed by atoms with van der Waals surface area (Å²) in [6.07, 6.45) is 5.17. The second-order valence-corrected chi connectivity index (χ2v) is 9.73. The molecule has 2 unspecified atom stereocenters. The molecule has 0 aliphatic rings. The number of ether oxygens (including phenoxy) is 4. The van der Waals surface area contributed by atoms with E-state index in [-0.39, 0.29) is 17.4 Å². The van der Waals surface area contributed by atoms with E-state index < -0.39 is 12.1 Å². The standard InChI is InChI=1S/C33H40O6/c1-5-12-26(7-3)37-27-16-18-28(19-17-27)38-33(35)39-32(34)30-21-20-29(36-22-11-13-24(4)6-2)23-31(30)25-14-9-8-10-15-25/h8-10,14-21,23-24,26H,5-7,11-13,22H2,1-4H3. The fourth-order valence-electron chi connectivity index (χ4n) is 4.17. The van der Waals surface area contributed by atoms with Crippen LogP contribution in [0.15, 0.2) is 72.8 Å². The van der Waals surface area contributed by atoms with Crippen LogP contribution in [0.1, 0.15) is 76.6 Å². The van der Waals surface area contributed by atoms with Crippen molar-refractivity contribution in [2.24, 2.45) is 5.92 Å². The van der Waals surface area contributed by atoms with Gasteiger partial charge in [0.15, 0.2) is 0 Å². The second kappa shape index (κ2) is 15.6. The highest BCUT2D eigenvalue weighted by atomic mass is 16.7. The highest BCUT2D eigenvalue weighted by Gasteiger charge is 2.20. The minimum absolute atomic E-state index is 0.143. The number of carbonyl (C=O) groups is 2. The smallest absolute Gasteiger partial charge is 0.494 e. The summed E-state index contributed by atoms with van der Waals surface area (Å²) in [5, 5.41) is 0. The van der Waals surface area contributed by atoms with Gasteiger partial charge in [-0.15, -0.1) is 0 Å². The summed E-state index contributed by atoms with van der Waals surface area (Å²) in [5.74, 6) is 1.47. The quantitative estimate of drug-likeness (QED) is 0.0893. The van der Waals surface area contributed by atoms with Gasteiger partial charge < -0.3 is 18.9 Å². The Hall–Kier alpha value is -3.80. The molecule has 3 rings (SSSR count). The van der Waals surface area contributed by atoms with Crippen LogP contribution in [-0.2, 0) is 4.74 Å². The minimum Gasteiger partial charge on any atom is -0.494 e. The zero-order chi connectivity index (χ0) is 28.0. The molecule has 3 aromatic rings. The number of carbonyl (C=O) groups excluding carboxylic acids is 2. The molecule has 0 bridgehead atoms. The molecular formula is C33H40O6. The van der Waals surface area contributed by atoms with E-state index in [1.807, 2.05) is 30.3 Å². The molecule has 39 heavy (non-hydrogen) atoms. The van der Waals surface area contributed by atoms with Crippen LogP contribution in [0.4, 0.5) is 4.79 Å². The fraction of sp³-hybridized carbons (Fsp3) is 0.394. The molecule has 0 amide bonds. The van der Waals surface area contributed by atoms with Crippen molar-refractivity contribution in [3.8, 4) is 28.4 Å². The molecule has 0 spiro atoms. The molecule has 0 aliphatic heterocycles. The Morgan fingerprint density at radius 2 is 1.49 bits per heavy atom. The van der Waals surface area contributed by atoms with Crippen molar-refractivity contribution in [1.82, 2.24) is 0 Å². The molecule has 0 saturated heterocycles. The molecule has 0 aliphatic carbocycles. The summed E-state index contributed by atoms with van der Waals surface area (Å²) in [4.78, 5) is 25.4. The van der Waals surface area contributed by atoms with Crippen LogP contribution in [0.5, 0.6) is 17.2 Å². The van der Waals surface area contributed by atoms with Gasteiger partial charge in [-0.2, -0.15) is 0 Å². The van der Waals surface area contributed by atoms with Gasteiger partial charge in [0.1, 0.15) is 17.2 Å². The van der Waals surface area contributed by atoms with E-state index in [4.69, 9.17) is 18.9 Å². The first-order valence-electron chi connectivity index (χ1n) is 14.0. The van der Waals surface area contributed by atoms with Crippen LogP contribution in [0.3, 0.4) is 0 Å². The van der Waals surface area contributed by atoms with Crippen molar-refractivity contribution in [2.75, 3.05) is 6.61 Å². The minimum atomic E-state index is -1.10. The van der Waals surface area contributed by atoms with E-state index in [2.05, 4.69) is 27.7 Å². The molecule has 3 aromatic carbocycles. The molecule has 2 atom stereocenters. The zero-order valence-electron chi connectivity index (χ0n) is 23.5. The second-order valence-electron chi connectivity index (χ2n) is 9.73. The summed E-state index contributed by atoms with van der Waals surface area (Å²) < 4.78 is 22.2. The zero-order valence-corrected chi connectivity index (χ0v) is 23.5. The molecule has 6 heteroatoms. The molecule has 0 fully saturated rings. The normalized spacial score (nSPS) is 12.3. The van der Waals surface area contributed by atoms with Crippen LogP contribution in [0.2, 0.25) is 0 Å². The lowest BCUT2D eigenvalue weighted by Crippen LogP contribution is -2.17.